The van der Waals surface area contributed by atoms with E-state index in [1.165, 1.54) is 23.1 Å². The number of carbonyl (C=O) groups excluding carboxylic acids is 2. The van der Waals surface area contributed by atoms with Crippen molar-refractivity contribution in [1.29, 1.82) is 0 Å². The fourth-order valence-corrected chi connectivity index (χ4v) is 2.49. The van der Waals surface area contributed by atoms with Gasteiger partial charge in [-0.2, -0.15) is 8.78 Å². The highest BCUT2D eigenvalue weighted by Gasteiger charge is 2.32. The Morgan fingerprint density at radius 2 is 2.14 bits per heavy atom. The predicted molar refractivity (Wildman–Crippen MR) is 75.8 cm³/mol. The first kappa shape index (κ1) is 16.2. The van der Waals surface area contributed by atoms with Crippen LogP contribution >= 0.6 is 0 Å². The van der Waals surface area contributed by atoms with Gasteiger partial charge in [-0.15, -0.1) is 0 Å². The molecule has 5 nitrogen and oxygen atoms in total. The molecule has 0 saturated carbocycles. The summed E-state index contributed by atoms with van der Waals surface area (Å²) in [6, 6.07) is 5.88. The van der Waals surface area contributed by atoms with E-state index in [4.69, 9.17) is 0 Å². The van der Waals surface area contributed by atoms with Gasteiger partial charge in [-0.3, -0.25) is 9.59 Å². The molecule has 2 rings (SSSR count). The fourth-order valence-electron chi connectivity index (χ4n) is 2.49. The lowest BCUT2D eigenvalue weighted by Gasteiger charge is -2.18. The van der Waals surface area contributed by atoms with Gasteiger partial charge in [-0.25, -0.2) is 0 Å². The molecule has 1 aromatic carbocycles. The summed E-state index contributed by atoms with van der Waals surface area (Å²) in [7, 11) is 0. The highest BCUT2D eigenvalue weighted by atomic mass is 19.3. The van der Waals surface area contributed by atoms with Crippen LogP contribution in [0.15, 0.2) is 24.3 Å². The third-order valence-corrected chi connectivity index (χ3v) is 3.53. The predicted octanol–water partition coefficient (Wildman–Crippen LogP) is 1.89. The van der Waals surface area contributed by atoms with Gasteiger partial charge in [0.2, 0.25) is 5.91 Å². The van der Waals surface area contributed by atoms with E-state index in [9.17, 15) is 18.4 Å². The van der Waals surface area contributed by atoms with Crippen molar-refractivity contribution in [2.75, 3.05) is 19.6 Å². The third kappa shape index (κ3) is 3.72. The number of amides is 2. The number of halogens is 2. The van der Waals surface area contributed by atoms with Gasteiger partial charge in [0.25, 0.3) is 5.91 Å². The first-order chi connectivity index (χ1) is 10.5. The minimum Gasteiger partial charge on any atom is -0.434 e. The monoisotopic (exact) mass is 312 g/mol. The molecule has 22 heavy (non-hydrogen) atoms. The van der Waals surface area contributed by atoms with Crippen LogP contribution in [-0.4, -0.2) is 43.0 Å². The standard InChI is InChI=1S/C15H18F2N2O3/c1-2-18-13(20)10-7-8-19(9-10)14(21)11-5-3-4-6-12(11)22-15(16)17/h3-6,10,15H,2,7-9H2,1H3,(H,18,20). The molecule has 0 radical (unpaired) electrons. The van der Waals surface area contributed by atoms with Crippen LogP contribution in [-0.2, 0) is 4.79 Å². The molecule has 1 unspecified atom stereocenters. The highest BCUT2D eigenvalue weighted by molar-refractivity contribution is 5.97. The second-order valence-corrected chi connectivity index (χ2v) is 5.01. The number of hydrogen-bond donors (Lipinski definition) is 1. The van der Waals surface area contributed by atoms with Crippen molar-refractivity contribution < 1.29 is 23.1 Å². The second-order valence-electron chi connectivity index (χ2n) is 5.01. The quantitative estimate of drug-likeness (QED) is 0.903. The van der Waals surface area contributed by atoms with E-state index in [-0.39, 0.29) is 29.7 Å². The summed E-state index contributed by atoms with van der Waals surface area (Å²) in [6.45, 7) is 0.0786. The number of ether oxygens (including phenoxy) is 1. The third-order valence-electron chi connectivity index (χ3n) is 3.53. The average Bonchev–Trinajstić information content (AvgIpc) is 2.96. The van der Waals surface area contributed by atoms with Crippen LogP contribution in [0.25, 0.3) is 0 Å². The topological polar surface area (TPSA) is 58.6 Å². The van der Waals surface area contributed by atoms with E-state index in [0.29, 0.717) is 19.5 Å². The molecule has 1 saturated heterocycles. The Hall–Kier alpha value is -2.18. The van der Waals surface area contributed by atoms with Gasteiger partial charge in [0, 0.05) is 19.6 Å². The second kappa shape index (κ2) is 7.20. The van der Waals surface area contributed by atoms with Crippen molar-refractivity contribution in [2.45, 2.75) is 20.0 Å². The molecule has 2 amide bonds. The molecule has 1 aromatic rings. The van der Waals surface area contributed by atoms with Gasteiger partial charge in [-0.1, -0.05) is 12.1 Å². The van der Waals surface area contributed by atoms with Crippen molar-refractivity contribution in [3.05, 3.63) is 29.8 Å². The van der Waals surface area contributed by atoms with Crippen LogP contribution in [0.1, 0.15) is 23.7 Å². The summed E-state index contributed by atoms with van der Waals surface area (Å²) in [6.07, 6.45) is 0.565. The van der Waals surface area contributed by atoms with Crippen molar-refractivity contribution >= 4 is 11.8 Å². The van der Waals surface area contributed by atoms with E-state index < -0.39 is 12.5 Å². The van der Waals surface area contributed by atoms with E-state index in [1.807, 2.05) is 6.92 Å². The largest absolute Gasteiger partial charge is 0.434 e. The number of nitrogens with one attached hydrogen (secondary N) is 1. The summed E-state index contributed by atoms with van der Waals surface area (Å²) < 4.78 is 29.2. The SMILES string of the molecule is CCNC(=O)C1CCN(C(=O)c2ccccc2OC(F)F)C1. The molecule has 0 aliphatic carbocycles. The smallest absolute Gasteiger partial charge is 0.387 e. The van der Waals surface area contributed by atoms with Crippen molar-refractivity contribution in [3.63, 3.8) is 0 Å². The molecule has 1 N–H and O–H groups in total. The van der Waals surface area contributed by atoms with Crippen LogP contribution in [0.3, 0.4) is 0 Å². The van der Waals surface area contributed by atoms with Gasteiger partial charge in [0.1, 0.15) is 5.75 Å². The molecule has 0 aromatic heterocycles. The number of para-hydroxylation sites is 1. The Morgan fingerprint density at radius 3 is 2.82 bits per heavy atom. The maximum Gasteiger partial charge on any atom is 0.387 e. The van der Waals surface area contributed by atoms with Gasteiger partial charge < -0.3 is 15.0 Å². The number of nitrogens with zero attached hydrogens (tertiary/aromatic N) is 1. The Labute approximate surface area is 127 Å². The molecule has 7 heteroatoms. The number of rotatable bonds is 5. The van der Waals surface area contributed by atoms with Crippen LogP contribution in [0.4, 0.5) is 8.78 Å². The van der Waals surface area contributed by atoms with E-state index in [0.717, 1.165) is 0 Å². The molecular formula is C15H18F2N2O3. The number of hydrogen-bond acceptors (Lipinski definition) is 3. The molecule has 1 aliphatic rings. The molecule has 0 bridgehead atoms. The Kier molecular flexibility index (Phi) is 5.30. The summed E-state index contributed by atoms with van der Waals surface area (Å²) in [5, 5.41) is 2.72. The first-order valence-corrected chi connectivity index (χ1v) is 7.13. The van der Waals surface area contributed by atoms with E-state index in [1.54, 1.807) is 6.07 Å². The lowest BCUT2D eigenvalue weighted by molar-refractivity contribution is -0.124. The minimum atomic E-state index is -2.99. The number of alkyl halides is 2. The normalized spacial score (nSPS) is 17.6. The number of benzene rings is 1. The Morgan fingerprint density at radius 1 is 1.41 bits per heavy atom. The zero-order chi connectivity index (χ0) is 16.1. The fraction of sp³-hybridized carbons (Fsp3) is 0.467. The van der Waals surface area contributed by atoms with E-state index in [2.05, 4.69) is 10.1 Å². The summed E-state index contributed by atoms with van der Waals surface area (Å²) >= 11 is 0. The Bertz CT molecular complexity index is 551. The average molecular weight is 312 g/mol. The van der Waals surface area contributed by atoms with Gasteiger partial charge in [-0.05, 0) is 25.5 Å². The molecule has 1 heterocycles. The lowest BCUT2D eigenvalue weighted by atomic mass is 10.1. The summed E-state index contributed by atoms with van der Waals surface area (Å²) in [5.74, 6) is -0.894. The maximum atomic E-state index is 12.4. The van der Waals surface area contributed by atoms with Gasteiger partial charge in [0.05, 0.1) is 11.5 Å². The van der Waals surface area contributed by atoms with Crippen LogP contribution < -0.4 is 10.1 Å². The highest BCUT2D eigenvalue weighted by Crippen LogP contribution is 2.25. The first-order valence-electron chi connectivity index (χ1n) is 7.13. The van der Waals surface area contributed by atoms with Crippen LogP contribution in [0.2, 0.25) is 0 Å². The molecule has 120 valence electrons. The summed E-state index contributed by atoms with van der Waals surface area (Å²) in [5.41, 5.74) is 0.0827. The number of likely N-dealkylation sites (tertiary alicyclic amines) is 1. The van der Waals surface area contributed by atoms with Crippen molar-refractivity contribution in [3.8, 4) is 5.75 Å². The molecule has 1 atom stereocenters. The Balaban J connectivity index is 2.08. The molecular weight excluding hydrogens is 294 g/mol. The minimum absolute atomic E-state index is 0.0827. The van der Waals surface area contributed by atoms with Crippen LogP contribution in [0.5, 0.6) is 5.75 Å². The molecule has 1 fully saturated rings. The zero-order valence-corrected chi connectivity index (χ0v) is 12.2. The van der Waals surface area contributed by atoms with Crippen molar-refractivity contribution in [2.24, 2.45) is 5.92 Å². The van der Waals surface area contributed by atoms with Gasteiger partial charge in [0.15, 0.2) is 0 Å². The van der Waals surface area contributed by atoms with Crippen LogP contribution in [0, 0.1) is 5.92 Å². The summed E-state index contributed by atoms with van der Waals surface area (Å²) in [4.78, 5) is 25.7. The van der Waals surface area contributed by atoms with Gasteiger partial charge >= 0.3 is 6.61 Å². The lowest BCUT2D eigenvalue weighted by Crippen LogP contribution is -2.34. The van der Waals surface area contributed by atoms with Crippen molar-refractivity contribution in [1.82, 2.24) is 10.2 Å². The molecule has 1 aliphatic heterocycles. The maximum absolute atomic E-state index is 12.4. The molecule has 0 spiro atoms. The zero-order valence-electron chi connectivity index (χ0n) is 12.2. The number of carbonyl (C=O) groups is 2. The van der Waals surface area contributed by atoms with E-state index >= 15 is 0 Å².